The van der Waals surface area contributed by atoms with Crippen LogP contribution >= 0.6 is 0 Å². The largest absolute Gasteiger partial charge is 0.492 e. The first-order chi connectivity index (χ1) is 18.8. The molecule has 1 N–H and O–H groups in total. The van der Waals surface area contributed by atoms with Crippen molar-refractivity contribution in [3.63, 3.8) is 0 Å². The minimum Gasteiger partial charge on any atom is -0.492 e. The summed E-state index contributed by atoms with van der Waals surface area (Å²) in [5.41, 5.74) is 2.34. The molecule has 200 valence electrons. The lowest BCUT2D eigenvalue weighted by molar-refractivity contribution is -0.138. The summed E-state index contributed by atoms with van der Waals surface area (Å²) in [5.74, 6) is 5.38. The van der Waals surface area contributed by atoms with Gasteiger partial charge in [0.2, 0.25) is 0 Å². The summed E-state index contributed by atoms with van der Waals surface area (Å²) in [6.45, 7) is 4.49. The molecule has 0 unspecified atom stereocenters. The summed E-state index contributed by atoms with van der Waals surface area (Å²) in [6.07, 6.45) is 1.10. The van der Waals surface area contributed by atoms with E-state index in [1.807, 2.05) is 35.7 Å². The number of hydrogen-bond donors (Lipinski definition) is 1. The Morgan fingerprint density at radius 3 is 2.69 bits per heavy atom. The number of imidazole rings is 1. The van der Waals surface area contributed by atoms with Gasteiger partial charge >= 0.3 is 6.18 Å². The van der Waals surface area contributed by atoms with Gasteiger partial charge in [-0.1, -0.05) is 18.1 Å². The summed E-state index contributed by atoms with van der Waals surface area (Å²) in [7, 11) is 0. The number of amides is 1. The zero-order chi connectivity index (χ0) is 27.4. The van der Waals surface area contributed by atoms with Crippen molar-refractivity contribution in [3.8, 4) is 17.6 Å². The third kappa shape index (κ3) is 6.24. The number of likely N-dealkylation sites (tertiary alicyclic amines) is 1. The van der Waals surface area contributed by atoms with Crippen LogP contribution in [-0.2, 0) is 6.18 Å². The fourth-order valence-corrected chi connectivity index (χ4v) is 4.50. The summed E-state index contributed by atoms with van der Waals surface area (Å²) in [4.78, 5) is 19.4. The molecule has 1 aliphatic rings. The van der Waals surface area contributed by atoms with Crippen LogP contribution in [0.1, 0.15) is 45.6 Å². The maximum atomic E-state index is 13.8. The minimum atomic E-state index is -4.63. The van der Waals surface area contributed by atoms with E-state index in [9.17, 15) is 18.0 Å². The van der Waals surface area contributed by atoms with Gasteiger partial charge in [-0.2, -0.15) is 13.2 Å². The predicted molar refractivity (Wildman–Crippen MR) is 143 cm³/mol. The molecule has 2 aromatic heterocycles. The molecule has 0 radical (unpaired) electrons. The van der Waals surface area contributed by atoms with Crippen LogP contribution in [0, 0.1) is 18.8 Å². The average Bonchev–Trinajstić information content (AvgIpc) is 3.58. The normalized spacial score (nSPS) is 13.7. The SMILES string of the molecule is Cc1ccc(C(=O)Nc2ccc(OCCN3CCCC3)c(C(F)(F)F)c2)cc1C#Cc1cnc2ccccn12. The van der Waals surface area contributed by atoms with Crippen molar-refractivity contribution < 1.29 is 22.7 Å². The quantitative estimate of drug-likeness (QED) is 0.320. The van der Waals surface area contributed by atoms with Gasteiger partial charge in [0.15, 0.2) is 0 Å². The Kier molecular flexibility index (Phi) is 7.57. The summed E-state index contributed by atoms with van der Waals surface area (Å²) in [6, 6.07) is 14.2. The number of benzene rings is 2. The van der Waals surface area contributed by atoms with Crippen LogP contribution in [0.4, 0.5) is 18.9 Å². The molecule has 6 nitrogen and oxygen atoms in total. The first kappa shape index (κ1) is 26.3. The number of rotatable bonds is 6. The summed E-state index contributed by atoms with van der Waals surface area (Å²) >= 11 is 0. The van der Waals surface area contributed by atoms with Gasteiger partial charge in [0.05, 0.1) is 11.8 Å². The number of nitrogens with zero attached hydrogens (tertiary/aromatic N) is 3. The van der Waals surface area contributed by atoms with E-state index in [0.29, 0.717) is 17.8 Å². The van der Waals surface area contributed by atoms with Gasteiger partial charge < -0.3 is 10.1 Å². The fraction of sp³-hybridized carbons (Fsp3) is 0.267. The Bertz CT molecular complexity index is 1560. The number of aromatic nitrogens is 2. The fourth-order valence-electron chi connectivity index (χ4n) is 4.50. The second kappa shape index (κ2) is 11.2. The molecule has 39 heavy (non-hydrogen) atoms. The maximum Gasteiger partial charge on any atom is 0.420 e. The van der Waals surface area contributed by atoms with E-state index in [1.165, 1.54) is 12.1 Å². The van der Waals surface area contributed by atoms with Crippen LogP contribution in [0.3, 0.4) is 0 Å². The van der Waals surface area contributed by atoms with Gasteiger partial charge in [0.25, 0.3) is 5.91 Å². The number of fused-ring (bicyclic) bond motifs is 1. The molecule has 3 heterocycles. The number of halogens is 3. The monoisotopic (exact) mass is 532 g/mol. The van der Waals surface area contributed by atoms with E-state index >= 15 is 0 Å². The van der Waals surface area contributed by atoms with Crippen molar-refractivity contribution in [3.05, 3.63) is 94.9 Å². The Balaban J connectivity index is 1.32. The lowest BCUT2D eigenvalue weighted by Crippen LogP contribution is -2.25. The third-order valence-corrected chi connectivity index (χ3v) is 6.65. The molecule has 1 fully saturated rings. The van der Waals surface area contributed by atoms with Crippen LogP contribution in [0.5, 0.6) is 5.75 Å². The topological polar surface area (TPSA) is 58.9 Å². The predicted octanol–water partition coefficient (Wildman–Crippen LogP) is 5.79. The number of hydrogen-bond acceptors (Lipinski definition) is 4. The smallest absolute Gasteiger partial charge is 0.420 e. The van der Waals surface area contributed by atoms with Crippen molar-refractivity contribution >= 4 is 17.2 Å². The second-order valence-corrected chi connectivity index (χ2v) is 9.41. The number of aryl methyl sites for hydroxylation is 1. The van der Waals surface area contributed by atoms with Gasteiger partial charge in [-0.3, -0.25) is 14.1 Å². The molecule has 2 aromatic carbocycles. The van der Waals surface area contributed by atoms with E-state index in [-0.39, 0.29) is 23.6 Å². The van der Waals surface area contributed by atoms with Gasteiger partial charge in [-0.15, -0.1) is 0 Å². The van der Waals surface area contributed by atoms with Gasteiger partial charge in [0.1, 0.15) is 23.7 Å². The van der Waals surface area contributed by atoms with E-state index in [0.717, 1.165) is 43.2 Å². The minimum absolute atomic E-state index is 0.0261. The van der Waals surface area contributed by atoms with E-state index in [4.69, 9.17) is 4.74 Å². The van der Waals surface area contributed by atoms with Crippen molar-refractivity contribution in [2.75, 3.05) is 31.6 Å². The first-order valence-corrected chi connectivity index (χ1v) is 12.7. The Morgan fingerprint density at radius 2 is 1.90 bits per heavy atom. The highest BCUT2D eigenvalue weighted by atomic mass is 19.4. The number of pyridine rings is 1. The molecule has 0 atom stereocenters. The summed E-state index contributed by atoms with van der Waals surface area (Å²) < 4.78 is 48.7. The number of carbonyl (C=O) groups is 1. The van der Waals surface area contributed by atoms with Crippen molar-refractivity contribution in [1.29, 1.82) is 0 Å². The highest BCUT2D eigenvalue weighted by Gasteiger charge is 2.35. The molecule has 1 aliphatic heterocycles. The van der Waals surface area contributed by atoms with Gasteiger partial charge in [-0.05, 0) is 86.8 Å². The summed E-state index contributed by atoms with van der Waals surface area (Å²) in [5, 5.41) is 2.57. The standard InChI is InChI=1S/C30H27F3N4O2/c1-21-7-8-23(18-22(21)9-11-25-20-34-28-6-2-3-15-37(25)28)29(38)35-24-10-12-27(26(19-24)30(31,32)33)39-17-16-36-13-4-5-14-36/h2-3,6-8,10,12,15,18-20H,4-5,13-14,16-17H2,1H3,(H,35,38). The Hall–Kier alpha value is -4.29. The molecule has 0 bridgehead atoms. The number of nitrogens with one attached hydrogen (secondary N) is 1. The zero-order valence-corrected chi connectivity index (χ0v) is 21.4. The number of anilines is 1. The number of carbonyl (C=O) groups excluding carboxylic acids is 1. The molecule has 5 rings (SSSR count). The highest BCUT2D eigenvalue weighted by Crippen LogP contribution is 2.38. The molecule has 1 saturated heterocycles. The van der Waals surface area contributed by atoms with E-state index < -0.39 is 17.6 Å². The lowest BCUT2D eigenvalue weighted by Gasteiger charge is -2.18. The highest BCUT2D eigenvalue weighted by molar-refractivity contribution is 6.04. The Morgan fingerprint density at radius 1 is 1.08 bits per heavy atom. The third-order valence-electron chi connectivity index (χ3n) is 6.65. The van der Waals surface area contributed by atoms with E-state index in [2.05, 4.69) is 27.0 Å². The maximum absolute atomic E-state index is 13.8. The number of alkyl halides is 3. The number of ether oxygens (including phenoxy) is 1. The van der Waals surface area contributed by atoms with Crippen LogP contribution in [0.15, 0.2) is 67.0 Å². The molecule has 9 heteroatoms. The van der Waals surface area contributed by atoms with Gasteiger partial charge in [0, 0.05) is 29.6 Å². The van der Waals surface area contributed by atoms with Crippen LogP contribution < -0.4 is 10.1 Å². The molecular weight excluding hydrogens is 505 g/mol. The van der Waals surface area contributed by atoms with E-state index in [1.54, 1.807) is 24.4 Å². The second-order valence-electron chi connectivity index (χ2n) is 9.41. The van der Waals surface area contributed by atoms with Crippen molar-refractivity contribution in [2.45, 2.75) is 25.9 Å². The first-order valence-electron chi connectivity index (χ1n) is 12.7. The van der Waals surface area contributed by atoms with Crippen LogP contribution in [0.25, 0.3) is 5.65 Å². The average molecular weight is 533 g/mol. The van der Waals surface area contributed by atoms with Crippen LogP contribution in [-0.4, -0.2) is 46.4 Å². The zero-order valence-electron chi connectivity index (χ0n) is 21.4. The van der Waals surface area contributed by atoms with Crippen molar-refractivity contribution in [2.24, 2.45) is 0 Å². The molecule has 4 aromatic rings. The molecule has 0 spiro atoms. The Labute approximate surface area is 224 Å². The van der Waals surface area contributed by atoms with Crippen molar-refractivity contribution in [1.82, 2.24) is 14.3 Å². The lowest BCUT2D eigenvalue weighted by atomic mass is 10.0. The molecule has 1 amide bonds. The van der Waals surface area contributed by atoms with Crippen LogP contribution in [0.2, 0.25) is 0 Å². The molecular formula is C30H27F3N4O2. The molecule has 0 aliphatic carbocycles. The molecule has 0 saturated carbocycles. The van der Waals surface area contributed by atoms with Gasteiger partial charge in [-0.25, -0.2) is 4.98 Å².